The summed E-state index contributed by atoms with van der Waals surface area (Å²) in [5, 5.41) is 2.54. The molecule has 0 radical (unpaired) electrons. The number of furan rings is 1. The highest BCUT2D eigenvalue weighted by atomic mass is 32.2. The third kappa shape index (κ3) is 5.29. The lowest BCUT2D eigenvalue weighted by Gasteiger charge is -2.26. The van der Waals surface area contributed by atoms with Crippen LogP contribution in [-0.2, 0) is 29.1 Å². The normalized spacial score (nSPS) is 19.1. The minimum Gasteiger partial charge on any atom is -0.459 e. The van der Waals surface area contributed by atoms with E-state index in [2.05, 4.69) is 5.32 Å². The van der Waals surface area contributed by atoms with Crippen molar-refractivity contribution in [2.75, 3.05) is 44.8 Å². The van der Waals surface area contributed by atoms with Gasteiger partial charge >= 0.3 is 5.97 Å². The van der Waals surface area contributed by atoms with Crippen LogP contribution in [0.1, 0.15) is 23.4 Å². The Morgan fingerprint density at radius 3 is 2.62 bits per heavy atom. The zero-order valence-electron chi connectivity index (χ0n) is 18.3. The van der Waals surface area contributed by atoms with Crippen LogP contribution in [0.15, 0.2) is 52.0 Å². The molecule has 0 saturated carbocycles. The molecule has 1 aromatic carbocycles. The predicted octanol–water partition coefficient (Wildman–Crippen LogP) is 1.09. The molecule has 0 spiro atoms. The van der Waals surface area contributed by atoms with E-state index in [1.807, 2.05) is 0 Å². The summed E-state index contributed by atoms with van der Waals surface area (Å²) in [7, 11) is -3.72. The number of anilines is 1. The largest absolute Gasteiger partial charge is 0.459 e. The van der Waals surface area contributed by atoms with Crippen molar-refractivity contribution in [3.8, 4) is 0 Å². The van der Waals surface area contributed by atoms with Crippen molar-refractivity contribution in [2.24, 2.45) is 0 Å². The molecular formula is C22H25N3O8S. The predicted molar refractivity (Wildman–Crippen MR) is 118 cm³/mol. The van der Waals surface area contributed by atoms with Crippen LogP contribution >= 0.6 is 0 Å². The van der Waals surface area contributed by atoms with Crippen molar-refractivity contribution in [1.82, 2.24) is 9.21 Å². The van der Waals surface area contributed by atoms with Crippen LogP contribution in [0.2, 0.25) is 0 Å². The molecule has 2 aliphatic heterocycles. The van der Waals surface area contributed by atoms with E-state index in [0.29, 0.717) is 32.6 Å². The number of carbonyl (C=O) groups excluding carboxylic acids is 3. The third-order valence-corrected chi connectivity index (χ3v) is 7.48. The van der Waals surface area contributed by atoms with Gasteiger partial charge in [-0.1, -0.05) is 6.07 Å². The average molecular weight is 492 g/mol. The minimum absolute atomic E-state index is 0.0437. The molecule has 34 heavy (non-hydrogen) atoms. The van der Waals surface area contributed by atoms with Gasteiger partial charge in [0.05, 0.1) is 24.4 Å². The summed E-state index contributed by atoms with van der Waals surface area (Å²) >= 11 is 0. The first kappa shape index (κ1) is 23.9. The summed E-state index contributed by atoms with van der Waals surface area (Å²) in [5.74, 6) is -1.59. The summed E-state index contributed by atoms with van der Waals surface area (Å²) in [5.41, 5.74) is 0.255. The number of hydrogen-bond acceptors (Lipinski definition) is 8. The van der Waals surface area contributed by atoms with Crippen molar-refractivity contribution < 1.29 is 36.7 Å². The van der Waals surface area contributed by atoms with Gasteiger partial charge in [-0.05, 0) is 43.2 Å². The number of sulfonamides is 1. The highest BCUT2D eigenvalue weighted by molar-refractivity contribution is 7.89. The fourth-order valence-electron chi connectivity index (χ4n) is 3.90. The number of nitrogens with one attached hydrogen (secondary N) is 1. The number of esters is 1. The van der Waals surface area contributed by atoms with Crippen molar-refractivity contribution in [3.63, 3.8) is 0 Å². The highest BCUT2D eigenvalue weighted by Crippen LogP contribution is 2.22. The second-order valence-corrected chi connectivity index (χ2v) is 9.77. The molecule has 2 amide bonds. The van der Waals surface area contributed by atoms with E-state index >= 15 is 0 Å². The maximum absolute atomic E-state index is 12.8. The summed E-state index contributed by atoms with van der Waals surface area (Å²) in [6.45, 7) is 0.985. The minimum atomic E-state index is -3.72. The molecule has 1 aromatic heterocycles. The smallest absolute Gasteiger partial charge is 0.329 e. The van der Waals surface area contributed by atoms with E-state index in [0.717, 1.165) is 0 Å². The molecule has 0 unspecified atom stereocenters. The van der Waals surface area contributed by atoms with E-state index in [9.17, 15) is 22.8 Å². The Morgan fingerprint density at radius 1 is 1.09 bits per heavy atom. The standard InChI is InChI=1S/C22H25N3O8S/c26-20(15-33-22(28)18-6-2-8-25(18)21(27)19-7-3-11-32-19)23-16-4-1-5-17(14-16)34(29,30)24-9-12-31-13-10-24/h1,3-5,7,11,14,18H,2,6,8-10,12-13,15H2,(H,23,26)/t18-/m0/s1. The van der Waals surface area contributed by atoms with Crippen LogP contribution in [0.25, 0.3) is 0 Å². The molecule has 1 N–H and O–H groups in total. The van der Waals surface area contributed by atoms with Crippen molar-refractivity contribution in [3.05, 3.63) is 48.4 Å². The molecule has 2 aliphatic rings. The number of likely N-dealkylation sites (tertiary alicyclic amines) is 1. The van der Waals surface area contributed by atoms with E-state index in [-0.39, 0.29) is 29.4 Å². The van der Waals surface area contributed by atoms with Crippen LogP contribution in [0.4, 0.5) is 5.69 Å². The molecule has 4 rings (SSSR count). The Hall–Kier alpha value is -3.22. The molecule has 0 aliphatic carbocycles. The lowest BCUT2D eigenvalue weighted by Crippen LogP contribution is -2.42. The molecule has 2 fully saturated rings. The fraction of sp³-hybridized carbons (Fsp3) is 0.409. The molecule has 11 nitrogen and oxygen atoms in total. The highest BCUT2D eigenvalue weighted by Gasteiger charge is 2.37. The summed E-state index contributed by atoms with van der Waals surface area (Å²) in [6, 6.07) is 8.17. The number of benzene rings is 1. The van der Waals surface area contributed by atoms with Gasteiger partial charge in [-0.3, -0.25) is 9.59 Å². The van der Waals surface area contributed by atoms with Gasteiger partial charge in [0.2, 0.25) is 10.0 Å². The van der Waals surface area contributed by atoms with E-state index in [1.54, 1.807) is 12.1 Å². The zero-order valence-corrected chi connectivity index (χ0v) is 19.2. The molecule has 0 bridgehead atoms. The average Bonchev–Trinajstić information content (AvgIpc) is 3.55. The maximum atomic E-state index is 12.8. The number of amides is 2. The monoisotopic (exact) mass is 491 g/mol. The Kier molecular flexibility index (Phi) is 7.29. The topological polar surface area (TPSA) is 135 Å². The number of carbonyl (C=O) groups is 3. The van der Waals surface area contributed by atoms with E-state index in [1.165, 1.54) is 39.7 Å². The Balaban J connectivity index is 1.33. The summed E-state index contributed by atoms with van der Waals surface area (Å²) < 4.78 is 42.4. The summed E-state index contributed by atoms with van der Waals surface area (Å²) in [4.78, 5) is 38.8. The quantitative estimate of drug-likeness (QED) is 0.569. The zero-order chi connectivity index (χ0) is 24.1. The molecule has 12 heteroatoms. The number of nitrogens with zero attached hydrogens (tertiary/aromatic N) is 2. The van der Waals surface area contributed by atoms with Gasteiger partial charge in [0.25, 0.3) is 11.8 Å². The van der Waals surface area contributed by atoms with Crippen LogP contribution in [0, 0.1) is 0 Å². The number of morpholine rings is 1. The van der Waals surface area contributed by atoms with Gasteiger partial charge in [0.15, 0.2) is 12.4 Å². The molecule has 1 atom stereocenters. The van der Waals surface area contributed by atoms with Crippen LogP contribution in [-0.4, -0.2) is 80.9 Å². The van der Waals surface area contributed by atoms with Gasteiger partial charge in [-0.25, -0.2) is 13.2 Å². The Bertz CT molecular complexity index is 1140. The third-order valence-electron chi connectivity index (χ3n) is 5.59. The first-order chi connectivity index (χ1) is 16.4. The van der Waals surface area contributed by atoms with Crippen molar-refractivity contribution in [2.45, 2.75) is 23.8 Å². The van der Waals surface area contributed by atoms with E-state index < -0.39 is 40.5 Å². The van der Waals surface area contributed by atoms with Gasteiger partial charge < -0.3 is 24.1 Å². The SMILES string of the molecule is O=C(COC(=O)[C@@H]1CCCN1C(=O)c1ccco1)Nc1cccc(S(=O)(=O)N2CCOCC2)c1. The second-order valence-electron chi connectivity index (χ2n) is 7.83. The molecule has 182 valence electrons. The second kappa shape index (κ2) is 10.4. The van der Waals surface area contributed by atoms with Gasteiger partial charge in [0, 0.05) is 25.3 Å². The van der Waals surface area contributed by atoms with Crippen molar-refractivity contribution in [1.29, 1.82) is 0 Å². The van der Waals surface area contributed by atoms with Crippen LogP contribution in [0.5, 0.6) is 0 Å². The van der Waals surface area contributed by atoms with Crippen LogP contribution < -0.4 is 5.32 Å². The van der Waals surface area contributed by atoms with Crippen molar-refractivity contribution >= 4 is 33.5 Å². The lowest BCUT2D eigenvalue weighted by atomic mass is 10.2. The van der Waals surface area contributed by atoms with Gasteiger partial charge in [0.1, 0.15) is 6.04 Å². The Labute approximate surface area is 196 Å². The number of rotatable bonds is 7. The van der Waals surface area contributed by atoms with E-state index in [4.69, 9.17) is 13.9 Å². The summed E-state index contributed by atoms with van der Waals surface area (Å²) in [6.07, 6.45) is 2.43. The van der Waals surface area contributed by atoms with Crippen LogP contribution in [0.3, 0.4) is 0 Å². The molecule has 2 saturated heterocycles. The maximum Gasteiger partial charge on any atom is 0.329 e. The molecule has 3 heterocycles. The van der Waals surface area contributed by atoms with Gasteiger partial charge in [-0.2, -0.15) is 4.31 Å². The van der Waals surface area contributed by atoms with Gasteiger partial charge in [-0.15, -0.1) is 0 Å². The fourth-order valence-corrected chi connectivity index (χ4v) is 5.35. The number of hydrogen-bond donors (Lipinski definition) is 1. The lowest BCUT2D eigenvalue weighted by molar-refractivity contribution is -0.151. The molecular weight excluding hydrogens is 466 g/mol. The first-order valence-corrected chi connectivity index (χ1v) is 12.3. The number of ether oxygens (including phenoxy) is 2. The first-order valence-electron chi connectivity index (χ1n) is 10.9. The molecule has 2 aromatic rings. The Morgan fingerprint density at radius 2 is 1.88 bits per heavy atom.